The maximum absolute atomic E-state index is 5.68. The lowest BCUT2D eigenvalue weighted by molar-refractivity contribution is -0.274. The van der Waals surface area contributed by atoms with Gasteiger partial charge in [0, 0.05) is 19.8 Å². The van der Waals surface area contributed by atoms with Crippen LogP contribution in [0.15, 0.2) is 0 Å². The van der Waals surface area contributed by atoms with Gasteiger partial charge in [-0.05, 0) is 25.7 Å². The van der Waals surface area contributed by atoms with E-state index in [-0.39, 0.29) is 0 Å². The van der Waals surface area contributed by atoms with Crippen molar-refractivity contribution in [1.82, 2.24) is 0 Å². The molecule has 5 nitrogen and oxygen atoms in total. The Morgan fingerprint density at radius 3 is 1.33 bits per heavy atom. The van der Waals surface area contributed by atoms with E-state index in [0.29, 0.717) is 26.4 Å². The normalized spacial score (nSPS) is 12.0. The lowest BCUT2D eigenvalue weighted by Gasteiger charge is -2.26. The van der Waals surface area contributed by atoms with E-state index >= 15 is 0 Å². The molecule has 18 heavy (non-hydrogen) atoms. The first-order valence-corrected chi connectivity index (χ1v) is 8.60. The van der Waals surface area contributed by atoms with Crippen LogP contribution in [-0.4, -0.2) is 35.5 Å². The highest BCUT2D eigenvalue weighted by molar-refractivity contribution is 6.53. The summed E-state index contributed by atoms with van der Waals surface area (Å²) in [5.41, 5.74) is 0. The first kappa shape index (κ1) is 18.0. The van der Waals surface area contributed by atoms with E-state index in [1.54, 1.807) is 0 Å². The summed E-state index contributed by atoms with van der Waals surface area (Å²) in [5.74, 6) is 0. The van der Waals surface area contributed by atoms with Gasteiger partial charge in [-0.2, -0.15) is 4.58 Å². The highest BCUT2D eigenvalue weighted by atomic mass is 28.4. The SMILES string of the molecule is CCCOO[Si](OCCC)(OCCC)OCCC. The molecule has 0 aliphatic carbocycles. The molecule has 0 heterocycles. The van der Waals surface area contributed by atoms with Crippen LogP contribution in [0.3, 0.4) is 0 Å². The molecule has 0 rings (SSSR count). The molecular formula is C12H28O5Si. The molecule has 0 aromatic carbocycles. The second kappa shape index (κ2) is 12.1. The molecule has 0 unspecified atom stereocenters. The van der Waals surface area contributed by atoms with Crippen LogP contribution in [0.25, 0.3) is 0 Å². The van der Waals surface area contributed by atoms with E-state index in [1.807, 2.05) is 27.7 Å². The summed E-state index contributed by atoms with van der Waals surface area (Å²) in [6.07, 6.45) is 3.53. The van der Waals surface area contributed by atoms with Gasteiger partial charge in [0.05, 0.1) is 6.61 Å². The Kier molecular flexibility index (Phi) is 12.1. The number of hydrogen-bond donors (Lipinski definition) is 0. The lowest BCUT2D eigenvalue weighted by Crippen LogP contribution is -2.50. The average Bonchev–Trinajstić information content (AvgIpc) is 2.40. The minimum atomic E-state index is -3.12. The quantitative estimate of drug-likeness (QED) is 0.224. The zero-order valence-corrected chi connectivity index (χ0v) is 13.2. The van der Waals surface area contributed by atoms with Crippen molar-refractivity contribution in [3.05, 3.63) is 0 Å². The Hall–Kier alpha value is 0.0169. The third kappa shape index (κ3) is 8.18. The summed E-state index contributed by atoms with van der Waals surface area (Å²) >= 11 is 0. The van der Waals surface area contributed by atoms with Crippen LogP contribution in [0.2, 0.25) is 0 Å². The van der Waals surface area contributed by atoms with Gasteiger partial charge in [-0.3, -0.25) is 0 Å². The maximum Gasteiger partial charge on any atom is 0.707 e. The summed E-state index contributed by atoms with van der Waals surface area (Å²) in [5, 5.41) is 0. The zero-order valence-electron chi connectivity index (χ0n) is 12.2. The summed E-state index contributed by atoms with van der Waals surface area (Å²) in [7, 11) is -3.12. The Morgan fingerprint density at radius 2 is 1.00 bits per heavy atom. The van der Waals surface area contributed by atoms with Crippen molar-refractivity contribution >= 4 is 9.05 Å². The van der Waals surface area contributed by atoms with Crippen molar-refractivity contribution in [3.63, 3.8) is 0 Å². The molecule has 0 aliphatic rings. The molecule has 0 aromatic heterocycles. The number of hydrogen-bond acceptors (Lipinski definition) is 5. The molecule has 0 radical (unpaired) electrons. The molecule has 0 bridgehead atoms. The van der Waals surface area contributed by atoms with E-state index in [4.69, 9.17) is 22.7 Å². The third-order valence-corrected chi connectivity index (χ3v) is 3.89. The van der Waals surface area contributed by atoms with Gasteiger partial charge in [-0.1, -0.05) is 27.7 Å². The molecular weight excluding hydrogens is 252 g/mol. The van der Waals surface area contributed by atoms with Crippen molar-refractivity contribution in [3.8, 4) is 0 Å². The first-order valence-electron chi connectivity index (χ1n) is 6.97. The lowest BCUT2D eigenvalue weighted by atomic mass is 10.5. The van der Waals surface area contributed by atoms with Gasteiger partial charge in [-0.25, -0.2) is 4.89 Å². The molecule has 0 aromatic rings. The summed E-state index contributed by atoms with van der Waals surface area (Å²) in [6, 6.07) is 0. The highest BCUT2D eigenvalue weighted by Crippen LogP contribution is 2.14. The predicted molar refractivity (Wildman–Crippen MR) is 71.8 cm³/mol. The van der Waals surface area contributed by atoms with Gasteiger partial charge in [0.15, 0.2) is 0 Å². The fourth-order valence-corrected chi connectivity index (χ4v) is 3.06. The van der Waals surface area contributed by atoms with Gasteiger partial charge in [0.1, 0.15) is 0 Å². The Morgan fingerprint density at radius 1 is 0.611 bits per heavy atom. The molecule has 0 saturated carbocycles. The summed E-state index contributed by atoms with van der Waals surface area (Å²) in [6.45, 7) is 10.3. The van der Waals surface area contributed by atoms with Gasteiger partial charge in [0.2, 0.25) is 0 Å². The van der Waals surface area contributed by atoms with Crippen LogP contribution in [0.5, 0.6) is 0 Å². The van der Waals surface area contributed by atoms with Gasteiger partial charge in [-0.15, -0.1) is 0 Å². The molecule has 0 amide bonds. The van der Waals surface area contributed by atoms with Crippen molar-refractivity contribution in [2.24, 2.45) is 0 Å². The molecule has 0 fully saturated rings. The molecule has 0 spiro atoms. The Bertz CT molecular complexity index is 158. The zero-order chi connectivity index (χ0) is 13.7. The molecule has 0 aliphatic heterocycles. The highest BCUT2D eigenvalue weighted by Gasteiger charge is 2.47. The van der Waals surface area contributed by atoms with Crippen LogP contribution in [0.4, 0.5) is 0 Å². The summed E-state index contributed by atoms with van der Waals surface area (Å²) in [4.78, 5) is 5.13. The standard InChI is InChI=1S/C12H28O5Si/c1-5-9-13-17-18(14-10-6-2,15-11-7-3)16-12-8-4/h5-12H2,1-4H3. The Balaban J connectivity index is 4.41. The van der Waals surface area contributed by atoms with Crippen LogP contribution in [-0.2, 0) is 22.7 Å². The monoisotopic (exact) mass is 280 g/mol. The van der Waals surface area contributed by atoms with Crippen molar-refractivity contribution < 1.29 is 22.7 Å². The first-order chi connectivity index (χ1) is 8.74. The van der Waals surface area contributed by atoms with E-state index in [9.17, 15) is 0 Å². The van der Waals surface area contributed by atoms with E-state index in [2.05, 4.69) is 0 Å². The van der Waals surface area contributed by atoms with Gasteiger partial charge >= 0.3 is 9.05 Å². The van der Waals surface area contributed by atoms with Crippen molar-refractivity contribution in [1.29, 1.82) is 0 Å². The molecule has 6 heteroatoms. The minimum Gasteiger partial charge on any atom is -0.350 e. The van der Waals surface area contributed by atoms with Crippen molar-refractivity contribution in [2.45, 2.75) is 53.4 Å². The second-order valence-corrected chi connectivity index (χ2v) is 5.98. The fourth-order valence-electron chi connectivity index (χ4n) is 1.08. The molecule has 0 saturated heterocycles. The van der Waals surface area contributed by atoms with Crippen LogP contribution < -0.4 is 0 Å². The molecule has 110 valence electrons. The largest absolute Gasteiger partial charge is 0.707 e. The smallest absolute Gasteiger partial charge is 0.350 e. The molecule has 0 atom stereocenters. The fraction of sp³-hybridized carbons (Fsp3) is 1.00. The van der Waals surface area contributed by atoms with Gasteiger partial charge < -0.3 is 13.3 Å². The molecule has 0 N–H and O–H groups in total. The van der Waals surface area contributed by atoms with Crippen LogP contribution in [0.1, 0.15) is 53.4 Å². The van der Waals surface area contributed by atoms with E-state index in [0.717, 1.165) is 25.7 Å². The second-order valence-electron chi connectivity index (χ2n) is 3.95. The number of rotatable bonds is 13. The topological polar surface area (TPSA) is 46.2 Å². The maximum atomic E-state index is 5.68. The van der Waals surface area contributed by atoms with E-state index < -0.39 is 9.05 Å². The summed E-state index contributed by atoms with van der Waals surface area (Å²) < 4.78 is 22.4. The van der Waals surface area contributed by atoms with Crippen LogP contribution >= 0.6 is 0 Å². The minimum absolute atomic E-state index is 0.509. The average molecular weight is 280 g/mol. The van der Waals surface area contributed by atoms with E-state index in [1.165, 1.54) is 0 Å². The third-order valence-electron chi connectivity index (χ3n) is 1.90. The van der Waals surface area contributed by atoms with Gasteiger partial charge in [0.25, 0.3) is 0 Å². The Labute approximate surface area is 112 Å². The van der Waals surface area contributed by atoms with Crippen molar-refractivity contribution in [2.75, 3.05) is 26.4 Å². The predicted octanol–water partition coefficient (Wildman–Crippen LogP) is 3.06. The van der Waals surface area contributed by atoms with Crippen LogP contribution in [0, 0.1) is 0 Å².